The highest BCUT2D eigenvalue weighted by atomic mass is 16.3. The smallest absolute Gasteiger partial charge is 0.386 e. The van der Waals surface area contributed by atoms with Crippen LogP contribution in [0.15, 0.2) is 101 Å². The third-order valence-corrected chi connectivity index (χ3v) is 5.68. The fourth-order valence-electron chi connectivity index (χ4n) is 3.78. The summed E-state index contributed by atoms with van der Waals surface area (Å²) in [5, 5.41) is 35.4. The number of hydrogen-bond acceptors (Lipinski definition) is 5. The van der Waals surface area contributed by atoms with Crippen LogP contribution in [0.5, 0.6) is 11.5 Å². The van der Waals surface area contributed by atoms with Gasteiger partial charge in [-0.25, -0.2) is 0 Å². The average Bonchev–Trinajstić information content (AvgIpc) is 2.99. The maximum atomic E-state index is 9.86. The van der Waals surface area contributed by atoms with Crippen molar-refractivity contribution in [3.05, 3.63) is 118 Å². The van der Waals surface area contributed by atoms with E-state index in [9.17, 15) is 5.11 Å². The number of phenolic OH excluding ortho intramolecular Hbond substituents is 2. The van der Waals surface area contributed by atoms with E-state index in [-0.39, 0.29) is 5.75 Å². The number of rotatable bonds is 6. The maximum Gasteiger partial charge on any atom is 0.386 e. The molecule has 0 aliphatic rings. The third kappa shape index (κ3) is 12.2. The SMILES string of the molecule is C#Cc1cccc(N=Nc2cc(CC(C)C)ccc2O)c1.C#Cc1cccc([N+]#N)c1.CC(C)Cc1ccc(O)cc1. The minimum atomic E-state index is 0.124. The molecule has 6 nitrogen and oxygen atoms in total. The molecule has 0 unspecified atom stereocenters. The Morgan fingerprint density at radius 3 is 1.88 bits per heavy atom. The summed E-state index contributed by atoms with van der Waals surface area (Å²) < 4.78 is 0. The Kier molecular flexibility index (Phi) is 13.6. The molecule has 0 fully saturated rings. The van der Waals surface area contributed by atoms with Crippen molar-refractivity contribution in [2.24, 2.45) is 22.1 Å². The quantitative estimate of drug-likeness (QED) is 0.140. The molecule has 4 aromatic carbocycles. The van der Waals surface area contributed by atoms with Crippen molar-refractivity contribution < 1.29 is 10.2 Å². The fraction of sp³-hybridized carbons (Fsp3) is 0.222. The third-order valence-electron chi connectivity index (χ3n) is 5.68. The van der Waals surface area contributed by atoms with Gasteiger partial charge in [0.1, 0.15) is 17.2 Å². The van der Waals surface area contributed by atoms with E-state index in [0.717, 1.165) is 29.5 Å². The monoisotopic (exact) mass is 557 g/mol. The number of azo groups is 1. The van der Waals surface area contributed by atoms with Gasteiger partial charge in [0.15, 0.2) is 4.98 Å². The van der Waals surface area contributed by atoms with Crippen LogP contribution in [-0.2, 0) is 12.8 Å². The molecule has 0 spiro atoms. The van der Waals surface area contributed by atoms with Gasteiger partial charge in [0.05, 0.1) is 5.69 Å². The van der Waals surface area contributed by atoms with Crippen LogP contribution in [0.4, 0.5) is 17.1 Å². The van der Waals surface area contributed by atoms with Gasteiger partial charge in [-0.15, -0.1) is 18.0 Å². The van der Waals surface area contributed by atoms with Crippen LogP contribution in [0.2, 0.25) is 0 Å². The maximum absolute atomic E-state index is 9.86. The van der Waals surface area contributed by atoms with Crippen LogP contribution in [-0.4, -0.2) is 10.2 Å². The van der Waals surface area contributed by atoms with Crippen LogP contribution in [0.1, 0.15) is 49.9 Å². The van der Waals surface area contributed by atoms with Gasteiger partial charge in [0, 0.05) is 23.3 Å². The Bertz CT molecular complexity index is 1560. The lowest BCUT2D eigenvalue weighted by Crippen LogP contribution is -1.93. The predicted molar refractivity (Wildman–Crippen MR) is 171 cm³/mol. The first-order valence-electron chi connectivity index (χ1n) is 13.6. The molecular weight excluding hydrogens is 520 g/mol. The topological polar surface area (TPSA) is 93.3 Å². The van der Waals surface area contributed by atoms with Crippen LogP contribution in [0.3, 0.4) is 0 Å². The summed E-state index contributed by atoms with van der Waals surface area (Å²) in [6.45, 7) is 8.68. The van der Waals surface area contributed by atoms with Crippen LogP contribution in [0.25, 0.3) is 4.98 Å². The van der Waals surface area contributed by atoms with Crippen molar-refractivity contribution in [1.82, 2.24) is 0 Å². The summed E-state index contributed by atoms with van der Waals surface area (Å²) in [6, 6.07) is 26.9. The number of hydrogen-bond donors (Lipinski definition) is 2. The molecule has 0 bridgehead atoms. The number of phenols is 2. The van der Waals surface area contributed by atoms with E-state index in [1.54, 1.807) is 48.5 Å². The molecular formula is C36H37N4O2+. The number of terminal acetylenes is 2. The first-order chi connectivity index (χ1) is 20.1. The lowest BCUT2D eigenvalue weighted by molar-refractivity contribution is 0.474. The standard InChI is InChI=1S/C18H18N2O.C10H14O.C8H5N2/c1-4-14-6-5-7-16(11-14)19-20-17-12-15(10-13(2)3)8-9-18(17)21;1-8(2)7-9-3-5-10(11)6-4-9;1-2-7-4-3-5-8(6-7)10-9/h1,5-9,11-13,21H,10H2,2-3H3;3-6,8,11H,7H2,1-2H3;1,3-6H/q;;+1. The van der Waals surface area contributed by atoms with Gasteiger partial charge in [-0.2, -0.15) is 5.11 Å². The van der Waals surface area contributed by atoms with E-state index in [0.29, 0.717) is 34.6 Å². The molecule has 0 amide bonds. The molecule has 42 heavy (non-hydrogen) atoms. The molecule has 0 radical (unpaired) electrons. The minimum absolute atomic E-state index is 0.124. The Balaban J connectivity index is 0.000000246. The number of benzene rings is 4. The van der Waals surface area contributed by atoms with E-state index in [4.69, 9.17) is 23.3 Å². The van der Waals surface area contributed by atoms with Crippen molar-refractivity contribution in [3.8, 4) is 36.2 Å². The van der Waals surface area contributed by atoms with E-state index in [1.165, 1.54) is 5.56 Å². The molecule has 0 heterocycles. The summed E-state index contributed by atoms with van der Waals surface area (Å²) in [5.74, 6) is 6.68. The van der Waals surface area contributed by atoms with Gasteiger partial charge in [-0.05, 0) is 84.3 Å². The number of diazo groups is 1. The van der Waals surface area contributed by atoms with Crippen LogP contribution < -0.4 is 0 Å². The van der Waals surface area contributed by atoms with Gasteiger partial charge in [-0.1, -0.05) is 69.9 Å². The normalized spacial score (nSPS) is 10.1. The molecule has 2 N–H and O–H groups in total. The molecule has 0 atom stereocenters. The first-order valence-corrected chi connectivity index (χ1v) is 13.6. The Morgan fingerprint density at radius 2 is 1.29 bits per heavy atom. The highest BCUT2D eigenvalue weighted by Crippen LogP contribution is 2.30. The second kappa shape index (κ2) is 17.3. The molecule has 0 saturated heterocycles. The summed E-state index contributed by atoms with van der Waals surface area (Å²) >= 11 is 0. The number of nitrogens with zero attached hydrogens (tertiary/aromatic N) is 4. The van der Waals surface area contributed by atoms with Gasteiger partial charge in [0.2, 0.25) is 5.39 Å². The predicted octanol–water partition coefficient (Wildman–Crippen LogP) is 9.73. The van der Waals surface area contributed by atoms with E-state index in [1.807, 2.05) is 42.5 Å². The molecule has 0 aliphatic carbocycles. The summed E-state index contributed by atoms with van der Waals surface area (Å²) in [7, 11) is 0. The molecule has 4 aromatic rings. The summed E-state index contributed by atoms with van der Waals surface area (Å²) in [5.41, 5.74) is 5.51. The lowest BCUT2D eigenvalue weighted by atomic mass is 10.0. The highest BCUT2D eigenvalue weighted by Gasteiger charge is 2.04. The van der Waals surface area contributed by atoms with Crippen LogP contribution >= 0.6 is 0 Å². The van der Waals surface area contributed by atoms with E-state index < -0.39 is 0 Å². The Hall–Kier alpha value is -5.38. The van der Waals surface area contributed by atoms with Gasteiger partial charge < -0.3 is 10.2 Å². The van der Waals surface area contributed by atoms with Crippen LogP contribution in [0, 0.1) is 41.9 Å². The van der Waals surface area contributed by atoms with Crippen molar-refractivity contribution in [2.75, 3.05) is 0 Å². The zero-order valence-electron chi connectivity index (χ0n) is 24.6. The zero-order valence-corrected chi connectivity index (χ0v) is 24.6. The zero-order chi connectivity index (χ0) is 30.9. The average molecular weight is 558 g/mol. The van der Waals surface area contributed by atoms with E-state index in [2.05, 4.69) is 54.7 Å². The second-order valence-electron chi connectivity index (χ2n) is 10.4. The fourth-order valence-corrected chi connectivity index (χ4v) is 3.78. The van der Waals surface area contributed by atoms with Crippen molar-refractivity contribution in [1.29, 1.82) is 5.39 Å². The van der Waals surface area contributed by atoms with E-state index >= 15 is 0 Å². The molecule has 0 saturated carbocycles. The molecule has 212 valence electrons. The molecule has 4 rings (SSSR count). The first kappa shape index (κ1) is 32.8. The second-order valence-corrected chi connectivity index (χ2v) is 10.4. The Morgan fingerprint density at radius 1 is 0.714 bits per heavy atom. The van der Waals surface area contributed by atoms with Gasteiger partial charge in [-0.3, -0.25) is 0 Å². The largest absolute Gasteiger partial charge is 0.508 e. The van der Waals surface area contributed by atoms with Crippen molar-refractivity contribution >= 4 is 17.1 Å². The highest BCUT2D eigenvalue weighted by molar-refractivity contribution is 5.53. The summed E-state index contributed by atoms with van der Waals surface area (Å²) in [6.07, 6.45) is 12.5. The molecule has 6 heteroatoms. The van der Waals surface area contributed by atoms with Gasteiger partial charge >= 0.3 is 5.69 Å². The van der Waals surface area contributed by atoms with Crippen molar-refractivity contribution in [3.63, 3.8) is 0 Å². The van der Waals surface area contributed by atoms with Gasteiger partial charge in [0.25, 0.3) is 0 Å². The molecule has 0 aromatic heterocycles. The Labute approximate surface area is 249 Å². The minimum Gasteiger partial charge on any atom is -0.508 e. The molecule has 0 aliphatic heterocycles. The summed E-state index contributed by atoms with van der Waals surface area (Å²) in [4.78, 5) is 2.98. The van der Waals surface area contributed by atoms with Crippen molar-refractivity contribution in [2.45, 2.75) is 40.5 Å². The number of aromatic hydroxyl groups is 2. The lowest BCUT2D eigenvalue weighted by Gasteiger charge is -2.06.